The molecule has 2 heteroatoms. The molecule has 10 heavy (non-hydrogen) atoms. The van der Waals surface area contributed by atoms with Crippen molar-refractivity contribution < 1.29 is 0 Å². The van der Waals surface area contributed by atoms with E-state index in [1.165, 1.54) is 0 Å². The molecule has 2 unspecified atom stereocenters. The zero-order chi connectivity index (χ0) is 7.98. The minimum atomic E-state index is -0.263. The number of hydrogen-bond donors (Lipinski definition) is 0. The Morgan fingerprint density at radius 2 is 1.80 bits per heavy atom. The van der Waals surface area contributed by atoms with E-state index < -0.39 is 0 Å². The molecule has 0 amide bonds. The predicted octanol–water partition coefficient (Wildman–Crippen LogP) is 2.93. The molecule has 0 aromatic carbocycles. The SMILES string of the molecule is C=CC(Cl)/[C]=C/C(Cl)C=C. The molecule has 2 atom stereocenters. The summed E-state index contributed by atoms with van der Waals surface area (Å²) in [6.45, 7) is 6.97. The van der Waals surface area contributed by atoms with Crippen LogP contribution in [0.2, 0.25) is 0 Å². The second kappa shape index (κ2) is 5.57. The average molecular weight is 176 g/mol. The van der Waals surface area contributed by atoms with Crippen molar-refractivity contribution in [2.24, 2.45) is 0 Å². The fourth-order valence-corrected chi connectivity index (χ4v) is 0.465. The second-order valence-electron chi connectivity index (χ2n) is 1.65. The van der Waals surface area contributed by atoms with Crippen LogP contribution in [0.3, 0.4) is 0 Å². The third-order valence-electron chi connectivity index (χ3n) is 0.847. The second-order valence-corrected chi connectivity index (χ2v) is 2.63. The lowest BCUT2D eigenvalue weighted by atomic mass is 10.3. The summed E-state index contributed by atoms with van der Waals surface area (Å²) in [7, 11) is 0. The van der Waals surface area contributed by atoms with E-state index in [0.29, 0.717) is 0 Å². The molecule has 0 aliphatic heterocycles. The Hall–Kier alpha value is -0.200. The zero-order valence-corrected chi connectivity index (χ0v) is 7.07. The highest BCUT2D eigenvalue weighted by Gasteiger charge is 1.93. The summed E-state index contributed by atoms with van der Waals surface area (Å²) in [5, 5.41) is -0.456. The number of halogens is 2. The lowest BCUT2D eigenvalue weighted by Crippen LogP contribution is -1.90. The minimum absolute atomic E-state index is 0.193. The highest BCUT2D eigenvalue weighted by Crippen LogP contribution is 2.02. The van der Waals surface area contributed by atoms with Crippen LogP contribution in [0.5, 0.6) is 0 Å². The molecule has 55 valence electrons. The van der Waals surface area contributed by atoms with E-state index in [2.05, 4.69) is 19.2 Å². The third-order valence-corrected chi connectivity index (χ3v) is 1.46. The van der Waals surface area contributed by atoms with Crippen LogP contribution in [0, 0.1) is 6.08 Å². The van der Waals surface area contributed by atoms with Crippen molar-refractivity contribution in [1.29, 1.82) is 0 Å². The first-order chi connectivity index (χ1) is 4.70. The first kappa shape index (κ1) is 9.80. The smallest absolute Gasteiger partial charge is 0.0764 e. The zero-order valence-electron chi connectivity index (χ0n) is 5.56. The van der Waals surface area contributed by atoms with Crippen LogP contribution in [0.25, 0.3) is 0 Å². The van der Waals surface area contributed by atoms with Gasteiger partial charge in [-0.2, -0.15) is 0 Å². The Kier molecular flexibility index (Phi) is 5.46. The Labute approximate surface area is 71.8 Å². The van der Waals surface area contributed by atoms with Gasteiger partial charge in [-0.25, -0.2) is 0 Å². The van der Waals surface area contributed by atoms with Crippen LogP contribution < -0.4 is 0 Å². The molecule has 0 aromatic rings. The van der Waals surface area contributed by atoms with E-state index in [1.807, 2.05) is 0 Å². The number of allylic oxidation sites excluding steroid dienone is 4. The van der Waals surface area contributed by atoms with Gasteiger partial charge in [-0.05, 0) is 6.08 Å². The maximum Gasteiger partial charge on any atom is 0.0764 e. The van der Waals surface area contributed by atoms with Gasteiger partial charge in [0, 0.05) is 0 Å². The molecule has 0 rings (SSSR count). The summed E-state index contributed by atoms with van der Waals surface area (Å²) in [6, 6.07) is 0. The normalized spacial score (nSPS) is 16.6. The van der Waals surface area contributed by atoms with E-state index in [0.717, 1.165) is 0 Å². The van der Waals surface area contributed by atoms with Crippen LogP contribution >= 0.6 is 23.2 Å². The maximum absolute atomic E-state index is 5.64. The van der Waals surface area contributed by atoms with E-state index >= 15 is 0 Å². The Bertz CT molecular complexity index is 122. The molecular formula is C8H9Cl2. The molecular weight excluding hydrogens is 167 g/mol. The number of rotatable bonds is 4. The van der Waals surface area contributed by atoms with Crippen molar-refractivity contribution in [3.05, 3.63) is 37.5 Å². The lowest BCUT2D eigenvalue weighted by Gasteiger charge is -1.94. The van der Waals surface area contributed by atoms with E-state index in [9.17, 15) is 0 Å². The molecule has 0 aliphatic carbocycles. The Balaban J connectivity index is 3.73. The Morgan fingerprint density at radius 1 is 1.20 bits per heavy atom. The molecule has 0 saturated carbocycles. The number of hydrogen-bond acceptors (Lipinski definition) is 0. The molecule has 0 spiro atoms. The molecule has 0 heterocycles. The summed E-state index contributed by atoms with van der Waals surface area (Å²) >= 11 is 11.3. The van der Waals surface area contributed by atoms with Crippen molar-refractivity contribution >= 4 is 23.2 Å². The summed E-state index contributed by atoms with van der Waals surface area (Å²) in [6.07, 6.45) is 7.62. The summed E-state index contributed by atoms with van der Waals surface area (Å²) in [5.41, 5.74) is 0. The maximum atomic E-state index is 5.64. The van der Waals surface area contributed by atoms with Gasteiger partial charge >= 0.3 is 0 Å². The van der Waals surface area contributed by atoms with Crippen molar-refractivity contribution in [3.63, 3.8) is 0 Å². The molecule has 0 bridgehead atoms. The Morgan fingerprint density at radius 3 is 2.20 bits per heavy atom. The van der Waals surface area contributed by atoms with Gasteiger partial charge in [0.2, 0.25) is 0 Å². The molecule has 0 aromatic heterocycles. The molecule has 0 saturated heterocycles. The summed E-state index contributed by atoms with van der Waals surface area (Å²) in [4.78, 5) is 0. The van der Waals surface area contributed by atoms with Gasteiger partial charge < -0.3 is 0 Å². The fraction of sp³-hybridized carbons (Fsp3) is 0.250. The first-order valence-electron chi connectivity index (χ1n) is 2.83. The molecule has 0 fully saturated rings. The van der Waals surface area contributed by atoms with E-state index in [4.69, 9.17) is 23.2 Å². The van der Waals surface area contributed by atoms with Crippen molar-refractivity contribution in [3.8, 4) is 0 Å². The first-order valence-corrected chi connectivity index (χ1v) is 3.70. The van der Waals surface area contributed by atoms with E-state index in [1.54, 1.807) is 18.2 Å². The summed E-state index contributed by atoms with van der Waals surface area (Å²) < 4.78 is 0. The van der Waals surface area contributed by atoms with Crippen LogP contribution in [0.4, 0.5) is 0 Å². The summed E-state index contributed by atoms with van der Waals surface area (Å²) in [5.74, 6) is 0. The van der Waals surface area contributed by atoms with Crippen LogP contribution in [0.15, 0.2) is 31.4 Å². The quantitative estimate of drug-likeness (QED) is 0.456. The van der Waals surface area contributed by atoms with E-state index in [-0.39, 0.29) is 10.8 Å². The van der Waals surface area contributed by atoms with Gasteiger partial charge in [-0.15, -0.1) is 36.4 Å². The molecule has 1 radical (unpaired) electrons. The fourth-order valence-electron chi connectivity index (χ4n) is 0.320. The predicted molar refractivity (Wildman–Crippen MR) is 47.5 cm³/mol. The minimum Gasteiger partial charge on any atom is -0.114 e. The van der Waals surface area contributed by atoms with Gasteiger partial charge in [0.25, 0.3) is 0 Å². The van der Waals surface area contributed by atoms with Crippen LogP contribution in [-0.2, 0) is 0 Å². The lowest BCUT2D eigenvalue weighted by molar-refractivity contribution is 1.29. The molecule has 0 nitrogen and oxygen atoms in total. The topological polar surface area (TPSA) is 0 Å². The average Bonchev–Trinajstić information content (AvgIpc) is 1.99. The van der Waals surface area contributed by atoms with Crippen molar-refractivity contribution in [2.45, 2.75) is 10.8 Å². The highest BCUT2D eigenvalue weighted by atomic mass is 35.5. The standard InChI is InChI=1S/C8H9Cl2/c1-3-7(9)5-6-8(10)4-2/h3-5,7-8H,1-2H2. The van der Waals surface area contributed by atoms with Gasteiger partial charge in [-0.3, -0.25) is 0 Å². The van der Waals surface area contributed by atoms with Crippen molar-refractivity contribution in [1.82, 2.24) is 0 Å². The van der Waals surface area contributed by atoms with Crippen LogP contribution in [-0.4, -0.2) is 10.8 Å². The molecule has 0 N–H and O–H groups in total. The van der Waals surface area contributed by atoms with Gasteiger partial charge in [0.1, 0.15) is 0 Å². The highest BCUT2D eigenvalue weighted by molar-refractivity contribution is 6.24. The van der Waals surface area contributed by atoms with Gasteiger partial charge in [0.15, 0.2) is 0 Å². The largest absolute Gasteiger partial charge is 0.114 e. The number of alkyl halides is 2. The molecule has 0 aliphatic rings. The van der Waals surface area contributed by atoms with Gasteiger partial charge in [-0.1, -0.05) is 18.2 Å². The van der Waals surface area contributed by atoms with Crippen LogP contribution in [0.1, 0.15) is 0 Å². The monoisotopic (exact) mass is 175 g/mol. The van der Waals surface area contributed by atoms with Crippen molar-refractivity contribution in [2.75, 3.05) is 0 Å². The third kappa shape index (κ3) is 4.66. The van der Waals surface area contributed by atoms with Gasteiger partial charge in [0.05, 0.1) is 10.8 Å².